The number of nitrogens with one attached hydrogen (secondary N) is 2. The van der Waals surface area contributed by atoms with Gasteiger partial charge >= 0.3 is 6.09 Å². The number of nitrogens with zero attached hydrogens (tertiary/aromatic N) is 2. The second-order valence-corrected chi connectivity index (χ2v) is 9.74. The first kappa shape index (κ1) is 25.8. The fourth-order valence-electron chi connectivity index (χ4n) is 4.80. The number of nitrogens with two attached hydrogens (primary N) is 1. The van der Waals surface area contributed by atoms with Gasteiger partial charge in [-0.1, -0.05) is 0 Å². The first-order valence-electron chi connectivity index (χ1n) is 11.4. The lowest BCUT2D eigenvalue weighted by Crippen LogP contribution is -2.55. The maximum absolute atomic E-state index is 14.3. The monoisotopic (exact) mass is 481 g/mol. The number of carbonyl (C=O) groups excluding carboxylic acids is 2. The number of aryl methyl sites for hydroxylation is 1. The van der Waals surface area contributed by atoms with Gasteiger partial charge in [0.1, 0.15) is 11.4 Å². The van der Waals surface area contributed by atoms with E-state index in [4.69, 9.17) is 10.6 Å². The summed E-state index contributed by atoms with van der Waals surface area (Å²) in [5.41, 5.74) is 1.78. The van der Waals surface area contributed by atoms with E-state index in [2.05, 4.69) is 15.7 Å². The number of halogens is 2. The number of alkyl carbamates (subject to hydrolysis) is 1. The quantitative estimate of drug-likeness (QED) is 0.360. The van der Waals surface area contributed by atoms with Gasteiger partial charge < -0.3 is 25.5 Å². The molecule has 1 aliphatic carbocycles. The number of aliphatic hydroxyl groups is 1. The Morgan fingerprint density at radius 2 is 2.03 bits per heavy atom. The molecule has 9 nitrogen and oxygen atoms in total. The van der Waals surface area contributed by atoms with Crippen molar-refractivity contribution in [1.82, 2.24) is 15.6 Å². The molecule has 2 unspecified atom stereocenters. The van der Waals surface area contributed by atoms with Gasteiger partial charge in [-0.05, 0) is 63.3 Å². The highest BCUT2D eigenvalue weighted by atomic mass is 19.2. The molecule has 2 amide bonds. The molecule has 1 aromatic carbocycles. The number of hydrogen-bond donors (Lipinski definition) is 4. The normalized spacial score (nSPS) is 20.9. The van der Waals surface area contributed by atoms with Crippen molar-refractivity contribution in [1.29, 1.82) is 0 Å². The molecule has 2 aliphatic rings. The van der Waals surface area contributed by atoms with E-state index in [0.717, 1.165) is 12.1 Å². The van der Waals surface area contributed by atoms with Gasteiger partial charge in [-0.2, -0.15) is 0 Å². The van der Waals surface area contributed by atoms with Gasteiger partial charge in [0.15, 0.2) is 11.6 Å². The fraction of sp³-hybridized carbons (Fsp3) is 0.609. The number of amides is 2. The van der Waals surface area contributed by atoms with Crippen LogP contribution in [-0.2, 0) is 21.4 Å². The third-order valence-corrected chi connectivity index (χ3v) is 6.35. The Balaban J connectivity index is 1.97. The summed E-state index contributed by atoms with van der Waals surface area (Å²) in [4.78, 5) is 31.8. The predicted octanol–water partition coefficient (Wildman–Crippen LogP) is 1.52. The summed E-state index contributed by atoms with van der Waals surface area (Å²) >= 11 is 0. The van der Waals surface area contributed by atoms with Crippen LogP contribution in [0.3, 0.4) is 0 Å². The molecule has 188 valence electrons. The van der Waals surface area contributed by atoms with Crippen LogP contribution < -0.4 is 16.6 Å². The number of aliphatic hydroxyl groups excluding tert-OH is 1. The molecule has 0 aromatic heterocycles. The first-order valence-corrected chi connectivity index (χ1v) is 11.4. The lowest BCUT2D eigenvalue weighted by molar-refractivity contribution is -0.131. The first-order chi connectivity index (χ1) is 16.0. The van der Waals surface area contributed by atoms with E-state index in [1.165, 1.54) is 0 Å². The molecule has 0 spiro atoms. The Morgan fingerprint density at radius 1 is 1.32 bits per heavy atom. The van der Waals surface area contributed by atoms with Gasteiger partial charge in [-0.3, -0.25) is 9.79 Å². The molecule has 34 heavy (non-hydrogen) atoms. The van der Waals surface area contributed by atoms with E-state index < -0.39 is 34.8 Å². The largest absolute Gasteiger partial charge is 0.444 e. The molecule has 1 aromatic rings. The maximum Gasteiger partial charge on any atom is 0.407 e. The van der Waals surface area contributed by atoms with Crippen LogP contribution in [0, 0.1) is 11.6 Å². The number of benzene rings is 1. The number of fused-ring (bicyclic) bond motifs is 1. The third kappa shape index (κ3) is 5.64. The van der Waals surface area contributed by atoms with Gasteiger partial charge in [0.05, 0.1) is 19.1 Å². The summed E-state index contributed by atoms with van der Waals surface area (Å²) in [5.74, 6) is 3.67. The number of amidine groups is 1. The summed E-state index contributed by atoms with van der Waals surface area (Å²) in [6.45, 7) is 5.83. The molecule has 0 bridgehead atoms. The molecule has 0 radical (unpaired) electrons. The number of hydrazine groups is 1. The average Bonchev–Trinajstić information content (AvgIpc) is 3.10. The lowest BCUT2D eigenvalue weighted by Gasteiger charge is -2.40. The van der Waals surface area contributed by atoms with Crippen molar-refractivity contribution in [2.24, 2.45) is 10.8 Å². The molecular formula is C23H33F2N5O4. The Morgan fingerprint density at radius 3 is 2.68 bits per heavy atom. The van der Waals surface area contributed by atoms with E-state index in [0.29, 0.717) is 42.9 Å². The Bertz CT molecular complexity index is 965. The molecule has 3 rings (SSSR count). The Hall–Kier alpha value is -2.79. The summed E-state index contributed by atoms with van der Waals surface area (Å²) in [6, 6.07) is 1.43. The van der Waals surface area contributed by atoms with Gasteiger partial charge in [0.25, 0.3) is 0 Å². The molecular weight excluding hydrogens is 448 g/mol. The fourth-order valence-corrected chi connectivity index (χ4v) is 4.80. The second-order valence-electron chi connectivity index (χ2n) is 9.74. The topological polar surface area (TPSA) is 129 Å². The van der Waals surface area contributed by atoms with E-state index in [9.17, 15) is 23.5 Å². The van der Waals surface area contributed by atoms with Crippen molar-refractivity contribution >= 4 is 17.8 Å². The number of aliphatic imine (C=N–C) groups is 1. The summed E-state index contributed by atoms with van der Waals surface area (Å²) in [7, 11) is 0. The number of rotatable bonds is 6. The van der Waals surface area contributed by atoms with Crippen molar-refractivity contribution in [3.63, 3.8) is 0 Å². The standard InChI is InChI=1S/C23H33F2N5O4/c1-22(2,3)34-21(33)28-18(12-20(32)30-8-7-27-19(13-30)29-26)23(6-9-31)5-4-14-10-16(24)17(25)11-15(14)23/h10-11,18,31H,4-9,12-13,26H2,1-3H3,(H,27,29)(H,28,33). The van der Waals surface area contributed by atoms with Crippen molar-refractivity contribution in [3.05, 3.63) is 34.9 Å². The van der Waals surface area contributed by atoms with Crippen LogP contribution in [0.1, 0.15) is 51.2 Å². The summed E-state index contributed by atoms with van der Waals surface area (Å²) in [6.07, 6.45) is 0.107. The molecule has 0 saturated carbocycles. The molecule has 1 heterocycles. The van der Waals surface area contributed by atoms with Crippen LogP contribution in [0.5, 0.6) is 0 Å². The summed E-state index contributed by atoms with van der Waals surface area (Å²) in [5, 5.41) is 12.7. The van der Waals surface area contributed by atoms with Crippen LogP contribution in [0.15, 0.2) is 17.1 Å². The molecule has 2 atom stereocenters. The Kier molecular flexibility index (Phi) is 7.77. The van der Waals surface area contributed by atoms with Crippen LogP contribution >= 0.6 is 0 Å². The minimum atomic E-state index is -1.02. The van der Waals surface area contributed by atoms with Crippen LogP contribution in [-0.4, -0.2) is 65.7 Å². The van der Waals surface area contributed by atoms with Crippen LogP contribution in [0.2, 0.25) is 0 Å². The zero-order chi connectivity index (χ0) is 25.1. The average molecular weight is 482 g/mol. The van der Waals surface area contributed by atoms with Crippen LogP contribution in [0.25, 0.3) is 0 Å². The Labute approximate surface area is 197 Å². The number of carbonyl (C=O) groups is 2. The van der Waals surface area contributed by atoms with E-state index in [-0.39, 0.29) is 31.9 Å². The van der Waals surface area contributed by atoms with E-state index >= 15 is 0 Å². The van der Waals surface area contributed by atoms with Crippen molar-refractivity contribution in [2.45, 2.75) is 63.5 Å². The lowest BCUT2D eigenvalue weighted by atomic mass is 9.71. The zero-order valence-corrected chi connectivity index (χ0v) is 19.8. The van der Waals surface area contributed by atoms with Crippen LogP contribution in [0.4, 0.5) is 13.6 Å². The van der Waals surface area contributed by atoms with Crippen molar-refractivity contribution < 1.29 is 28.2 Å². The second kappa shape index (κ2) is 10.2. The number of hydrogen-bond acceptors (Lipinski definition) is 7. The van der Waals surface area contributed by atoms with E-state index in [1.54, 1.807) is 25.7 Å². The van der Waals surface area contributed by atoms with Gasteiger partial charge in [-0.15, -0.1) is 0 Å². The van der Waals surface area contributed by atoms with Gasteiger partial charge in [0, 0.05) is 25.0 Å². The molecule has 5 N–H and O–H groups in total. The molecule has 0 saturated heterocycles. The third-order valence-electron chi connectivity index (χ3n) is 6.35. The highest BCUT2D eigenvalue weighted by Crippen LogP contribution is 2.46. The van der Waals surface area contributed by atoms with Gasteiger partial charge in [0.2, 0.25) is 5.91 Å². The maximum atomic E-state index is 14.3. The van der Waals surface area contributed by atoms with Crippen molar-refractivity contribution in [2.75, 3.05) is 26.2 Å². The SMILES string of the molecule is CC(C)(C)OC(=O)NC(CC(=O)N1CCN=C(NN)C1)C1(CCO)CCc2cc(F)c(F)cc21. The zero-order valence-electron chi connectivity index (χ0n) is 19.8. The minimum absolute atomic E-state index is 0.129. The molecule has 0 fully saturated rings. The smallest absolute Gasteiger partial charge is 0.407 e. The van der Waals surface area contributed by atoms with Gasteiger partial charge in [-0.25, -0.2) is 19.4 Å². The highest BCUT2D eigenvalue weighted by molar-refractivity contribution is 5.89. The number of ether oxygens (including phenoxy) is 1. The van der Waals surface area contributed by atoms with E-state index in [1.807, 2.05) is 0 Å². The summed E-state index contributed by atoms with van der Waals surface area (Å²) < 4.78 is 33.6. The van der Waals surface area contributed by atoms with Crippen molar-refractivity contribution in [3.8, 4) is 0 Å². The minimum Gasteiger partial charge on any atom is -0.444 e. The molecule has 1 aliphatic heterocycles. The predicted molar refractivity (Wildman–Crippen MR) is 122 cm³/mol. The highest BCUT2D eigenvalue weighted by Gasteiger charge is 2.47. The molecule has 11 heteroatoms.